The van der Waals surface area contributed by atoms with Gasteiger partial charge in [0.25, 0.3) is 5.91 Å². The highest BCUT2D eigenvalue weighted by molar-refractivity contribution is 6.02. The van der Waals surface area contributed by atoms with Gasteiger partial charge in [-0.3, -0.25) is 4.79 Å². The number of nitrogens with one attached hydrogen (secondary N) is 1. The van der Waals surface area contributed by atoms with Crippen LogP contribution in [0.25, 0.3) is 5.65 Å². The minimum Gasteiger partial charge on any atom is -0.493 e. The normalized spacial score (nSPS) is 10.8. The number of carbonyl (C=O) groups is 1. The second kappa shape index (κ2) is 10.2. The minimum atomic E-state index is -0.431. The predicted molar refractivity (Wildman–Crippen MR) is 130 cm³/mol. The number of halogens is 1. The number of anilines is 1. The van der Waals surface area contributed by atoms with Crippen LogP contribution in [0, 0.1) is 5.82 Å². The lowest BCUT2D eigenvalue weighted by Crippen LogP contribution is -2.11. The lowest BCUT2D eigenvalue weighted by molar-refractivity contribution is 0.0992. The highest BCUT2D eigenvalue weighted by Crippen LogP contribution is 2.31. The summed E-state index contributed by atoms with van der Waals surface area (Å²) in [4.78, 5) is 17.2. The Hall–Kier alpha value is -4.79. The van der Waals surface area contributed by atoms with Crippen LogP contribution in [-0.4, -0.2) is 22.4 Å². The highest BCUT2D eigenvalue weighted by atomic mass is 19.1. The molecule has 5 rings (SSSR count). The zero-order chi connectivity index (χ0) is 24.9. The number of benzene rings is 2. The molecule has 0 aliphatic heterocycles. The maximum absolute atomic E-state index is 13.0. The molecular formula is C27H22FN3O5. The predicted octanol–water partition coefficient (Wildman–Crippen LogP) is 5.49. The van der Waals surface area contributed by atoms with Crippen molar-refractivity contribution in [3.63, 3.8) is 0 Å². The second-order valence-electron chi connectivity index (χ2n) is 7.82. The Bertz CT molecular complexity index is 1460. The lowest BCUT2D eigenvalue weighted by Gasteiger charge is -2.12. The number of furan rings is 1. The molecule has 3 heterocycles. The molecule has 0 spiro atoms. The number of fused-ring (bicyclic) bond motifs is 1. The minimum absolute atomic E-state index is 0.0997. The zero-order valence-corrected chi connectivity index (χ0v) is 19.3. The van der Waals surface area contributed by atoms with Crippen LogP contribution < -0.4 is 19.5 Å². The van der Waals surface area contributed by atoms with E-state index in [1.165, 1.54) is 24.3 Å². The van der Waals surface area contributed by atoms with Gasteiger partial charge in [0.2, 0.25) is 0 Å². The molecule has 3 aromatic heterocycles. The van der Waals surface area contributed by atoms with Crippen molar-refractivity contribution in [2.24, 2.45) is 0 Å². The SMILES string of the molecule is COc1ccc(NC(=O)c2ccc(COc3ccc(F)cc3)o2)cc1OCc1cn2ccccc2n1. The van der Waals surface area contributed by atoms with Crippen molar-refractivity contribution in [2.75, 3.05) is 12.4 Å². The van der Waals surface area contributed by atoms with Crippen LogP contribution in [0.5, 0.6) is 17.2 Å². The van der Waals surface area contributed by atoms with E-state index in [4.69, 9.17) is 18.6 Å². The molecule has 0 fully saturated rings. The van der Waals surface area contributed by atoms with E-state index in [2.05, 4.69) is 10.3 Å². The van der Waals surface area contributed by atoms with E-state index in [0.717, 1.165) is 11.3 Å². The number of nitrogens with zero attached hydrogens (tertiary/aromatic N) is 2. The first kappa shape index (κ1) is 23.0. The maximum atomic E-state index is 13.0. The quantitative estimate of drug-likeness (QED) is 0.296. The van der Waals surface area contributed by atoms with E-state index in [-0.39, 0.29) is 24.8 Å². The van der Waals surface area contributed by atoms with E-state index >= 15 is 0 Å². The van der Waals surface area contributed by atoms with E-state index in [9.17, 15) is 9.18 Å². The van der Waals surface area contributed by atoms with Crippen LogP contribution in [0.4, 0.5) is 10.1 Å². The second-order valence-corrected chi connectivity index (χ2v) is 7.82. The topological polar surface area (TPSA) is 87.2 Å². The van der Waals surface area contributed by atoms with Gasteiger partial charge in [-0.2, -0.15) is 0 Å². The molecule has 36 heavy (non-hydrogen) atoms. The number of rotatable bonds is 9. The molecule has 0 aliphatic carbocycles. The van der Waals surface area contributed by atoms with Crippen LogP contribution in [0.15, 0.2) is 89.6 Å². The van der Waals surface area contributed by atoms with Crippen molar-refractivity contribution >= 4 is 17.2 Å². The fourth-order valence-electron chi connectivity index (χ4n) is 3.53. The number of aromatic nitrogens is 2. The van der Waals surface area contributed by atoms with Crippen LogP contribution in [0.3, 0.4) is 0 Å². The molecule has 0 unspecified atom stereocenters. The molecule has 0 saturated carbocycles. The average Bonchev–Trinajstić information content (AvgIpc) is 3.54. The van der Waals surface area contributed by atoms with Crippen LogP contribution in [0.1, 0.15) is 22.0 Å². The molecule has 1 amide bonds. The number of imidazole rings is 1. The summed E-state index contributed by atoms with van der Waals surface area (Å²) in [6.07, 6.45) is 3.80. The van der Waals surface area contributed by atoms with Crippen LogP contribution in [-0.2, 0) is 13.2 Å². The molecule has 2 aromatic carbocycles. The highest BCUT2D eigenvalue weighted by Gasteiger charge is 2.14. The van der Waals surface area contributed by atoms with Crippen molar-refractivity contribution in [3.05, 3.63) is 108 Å². The van der Waals surface area contributed by atoms with Gasteiger partial charge in [0.1, 0.15) is 36.2 Å². The smallest absolute Gasteiger partial charge is 0.291 e. The number of ether oxygens (including phenoxy) is 3. The van der Waals surface area contributed by atoms with E-state index < -0.39 is 5.91 Å². The molecule has 0 aliphatic rings. The Morgan fingerprint density at radius 2 is 1.86 bits per heavy atom. The number of amides is 1. The molecule has 0 saturated heterocycles. The molecule has 0 atom stereocenters. The summed E-state index contributed by atoms with van der Waals surface area (Å²) in [5.74, 6) is 1.27. The summed E-state index contributed by atoms with van der Waals surface area (Å²) in [7, 11) is 1.55. The fourth-order valence-corrected chi connectivity index (χ4v) is 3.53. The first-order valence-corrected chi connectivity index (χ1v) is 11.1. The number of pyridine rings is 1. The molecule has 9 heteroatoms. The number of hydrogen-bond donors (Lipinski definition) is 1. The van der Waals surface area contributed by atoms with Gasteiger partial charge < -0.3 is 28.3 Å². The Balaban J connectivity index is 1.22. The third-order valence-electron chi connectivity index (χ3n) is 5.29. The average molecular weight is 487 g/mol. The molecule has 0 radical (unpaired) electrons. The summed E-state index contributed by atoms with van der Waals surface area (Å²) in [6.45, 7) is 0.327. The first-order valence-electron chi connectivity index (χ1n) is 11.1. The van der Waals surface area contributed by atoms with Crippen LogP contribution in [0.2, 0.25) is 0 Å². The Labute approximate surface area is 205 Å². The zero-order valence-electron chi connectivity index (χ0n) is 19.3. The molecular weight excluding hydrogens is 465 g/mol. The molecule has 1 N–H and O–H groups in total. The largest absolute Gasteiger partial charge is 0.493 e. The lowest BCUT2D eigenvalue weighted by atomic mass is 10.2. The van der Waals surface area contributed by atoms with Crippen LogP contribution >= 0.6 is 0 Å². The summed E-state index contributed by atoms with van der Waals surface area (Å²) in [5.41, 5.74) is 2.08. The summed E-state index contributed by atoms with van der Waals surface area (Å²) in [6, 6.07) is 19.7. The van der Waals surface area contributed by atoms with Crippen molar-refractivity contribution < 1.29 is 27.8 Å². The molecule has 182 valence electrons. The Kier molecular flexibility index (Phi) is 6.53. The number of carbonyl (C=O) groups excluding carboxylic acids is 1. The van der Waals surface area contributed by atoms with Crippen molar-refractivity contribution in [1.82, 2.24) is 9.38 Å². The Morgan fingerprint density at radius 3 is 2.67 bits per heavy atom. The van der Waals surface area contributed by atoms with Gasteiger partial charge in [0.05, 0.1) is 12.8 Å². The van der Waals surface area contributed by atoms with E-state index in [1.807, 2.05) is 35.0 Å². The molecule has 0 bridgehead atoms. The van der Waals surface area contributed by atoms with Gasteiger partial charge in [0.15, 0.2) is 17.3 Å². The van der Waals surface area contributed by atoms with Crippen molar-refractivity contribution in [2.45, 2.75) is 13.2 Å². The van der Waals surface area contributed by atoms with Gasteiger partial charge in [-0.25, -0.2) is 9.37 Å². The Morgan fingerprint density at radius 1 is 1.00 bits per heavy atom. The monoisotopic (exact) mass is 487 g/mol. The standard InChI is InChI=1S/C27H22FN3O5/c1-33-23-11-7-19(14-25(23)35-16-20-15-31-13-3-2-4-26(31)29-20)30-27(32)24-12-10-22(36-24)17-34-21-8-5-18(28)6-9-21/h2-15H,16-17H2,1H3,(H,30,32). The van der Waals surface area contributed by atoms with Gasteiger partial charge in [-0.15, -0.1) is 0 Å². The number of methoxy groups -OCH3 is 1. The van der Waals surface area contributed by atoms with Gasteiger partial charge >= 0.3 is 0 Å². The van der Waals surface area contributed by atoms with Gasteiger partial charge in [-0.1, -0.05) is 6.07 Å². The number of hydrogen-bond acceptors (Lipinski definition) is 6. The van der Waals surface area contributed by atoms with Crippen molar-refractivity contribution in [1.29, 1.82) is 0 Å². The fraction of sp³-hybridized carbons (Fsp3) is 0.111. The maximum Gasteiger partial charge on any atom is 0.291 e. The molecule has 8 nitrogen and oxygen atoms in total. The van der Waals surface area contributed by atoms with Gasteiger partial charge in [-0.05, 0) is 60.7 Å². The third kappa shape index (κ3) is 5.30. The first-order chi connectivity index (χ1) is 17.6. The van der Waals surface area contributed by atoms with Crippen molar-refractivity contribution in [3.8, 4) is 17.2 Å². The third-order valence-corrected chi connectivity index (χ3v) is 5.29. The molecule has 5 aromatic rings. The summed E-state index contributed by atoms with van der Waals surface area (Å²) in [5, 5.41) is 2.79. The summed E-state index contributed by atoms with van der Waals surface area (Å²) < 4.78 is 37.4. The van der Waals surface area contributed by atoms with Gasteiger partial charge in [0, 0.05) is 24.1 Å². The van der Waals surface area contributed by atoms with E-state index in [1.54, 1.807) is 37.4 Å². The van der Waals surface area contributed by atoms with E-state index in [0.29, 0.717) is 28.7 Å². The summed E-state index contributed by atoms with van der Waals surface area (Å²) >= 11 is 0.